The topological polar surface area (TPSA) is 52.6 Å². The van der Waals surface area contributed by atoms with E-state index in [0.29, 0.717) is 50.7 Å². The lowest BCUT2D eigenvalue weighted by atomic mass is 10.1. The van der Waals surface area contributed by atoms with Crippen molar-refractivity contribution < 1.29 is 19.1 Å². The molecule has 0 aromatic rings. The molecule has 0 spiro atoms. The molecule has 0 rings (SSSR count). The van der Waals surface area contributed by atoms with E-state index in [2.05, 4.69) is 27.7 Å². The monoisotopic (exact) mass is 342 g/mol. The van der Waals surface area contributed by atoms with Crippen molar-refractivity contribution in [2.45, 2.75) is 91.9 Å². The van der Waals surface area contributed by atoms with Crippen LogP contribution in [0.4, 0.5) is 0 Å². The van der Waals surface area contributed by atoms with E-state index >= 15 is 0 Å². The molecule has 0 bridgehead atoms. The van der Waals surface area contributed by atoms with Crippen molar-refractivity contribution in [1.82, 2.24) is 0 Å². The van der Waals surface area contributed by atoms with Gasteiger partial charge in [0.15, 0.2) is 0 Å². The van der Waals surface area contributed by atoms with Crippen molar-refractivity contribution in [2.24, 2.45) is 11.8 Å². The van der Waals surface area contributed by atoms with Crippen LogP contribution < -0.4 is 0 Å². The van der Waals surface area contributed by atoms with Gasteiger partial charge in [0.2, 0.25) is 0 Å². The quantitative estimate of drug-likeness (QED) is 0.300. The normalized spacial score (nSPS) is 13.3. The molecule has 4 heteroatoms. The summed E-state index contributed by atoms with van der Waals surface area (Å²) in [7, 11) is 0. The highest BCUT2D eigenvalue weighted by Crippen LogP contribution is 2.11. The Morgan fingerprint density at radius 3 is 1.42 bits per heavy atom. The van der Waals surface area contributed by atoms with Gasteiger partial charge in [0.05, 0.1) is 13.2 Å². The van der Waals surface area contributed by atoms with Crippen LogP contribution in [0, 0.1) is 11.8 Å². The van der Waals surface area contributed by atoms with Crippen LogP contribution in [0.2, 0.25) is 0 Å². The van der Waals surface area contributed by atoms with Crippen LogP contribution in [-0.2, 0) is 19.1 Å². The number of unbranched alkanes of at least 4 members (excludes halogenated alkanes) is 3. The number of esters is 2. The average Bonchev–Trinajstić information content (AvgIpc) is 2.58. The summed E-state index contributed by atoms with van der Waals surface area (Å²) >= 11 is 0. The summed E-state index contributed by atoms with van der Waals surface area (Å²) in [5, 5.41) is 0. The first-order valence-corrected chi connectivity index (χ1v) is 9.80. The Hall–Kier alpha value is -1.06. The fourth-order valence-corrected chi connectivity index (χ4v) is 2.43. The highest BCUT2D eigenvalue weighted by molar-refractivity contribution is 5.70. The largest absolute Gasteiger partial charge is 0.465 e. The summed E-state index contributed by atoms with van der Waals surface area (Å²) < 4.78 is 10.5. The third kappa shape index (κ3) is 14.5. The molecule has 2 unspecified atom stereocenters. The molecule has 2 atom stereocenters. The SMILES string of the molecule is CCCCC(C)COC(=O)CCCCC(=O)OCC(C)CCCC. The van der Waals surface area contributed by atoms with Gasteiger partial charge in [0.1, 0.15) is 0 Å². The average molecular weight is 343 g/mol. The maximum Gasteiger partial charge on any atom is 0.305 e. The van der Waals surface area contributed by atoms with Crippen molar-refractivity contribution in [3.05, 3.63) is 0 Å². The Morgan fingerprint density at radius 1 is 0.708 bits per heavy atom. The van der Waals surface area contributed by atoms with Gasteiger partial charge in [-0.1, -0.05) is 53.4 Å². The molecule has 0 fully saturated rings. The molecule has 4 nitrogen and oxygen atoms in total. The van der Waals surface area contributed by atoms with Crippen LogP contribution in [0.25, 0.3) is 0 Å². The molecule has 0 aromatic carbocycles. The van der Waals surface area contributed by atoms with Crippen LogP contribution in [-0.4, -0.2) is 25.2 Å². The van der Waals surface area contributed by atoms with E-state index in [-0.39, 0.29) is 11.9 Å². The van der Waals surface area contributed by atoms with Crippen molar-refractivity contribution in [3.8, 4) is 0 Å². The summed E-state index contributed by atoms with van der Waals surface area (Å²) in [5.74, 6) is 0.553. The lowest BCUT2D eigenvalue weighted by Gasteiger charge is -2.12. The maximum atomic E-state index is 11.6. The fourth-order valence-electron chi connectivity index (χ4n) is 2.43. The van der Waals surface area contributed by atoms with E-state index < -0.39 is 0 Å². The summed E-state index contributed by atoms with van der Waals surface area (Å²) in [6.45, 7) is 9.57. The Bertz CT molecular complexity index is 296. The van der Waals surface area contributed by atoms with E-state index in [4.69, 9.17) is 9.47 Å². The second-order valence-electron chi connectivity index (χ2n) is 7.07. The number of carbonyl (C=O) groups is 2. The van der Waals surface area contributed by atoms with Gasteiger partial charge in [-0.2, -0.15) is 0 Å². The van der Waals surface area contributed by atoms with Gasteiger partial charge in [-0.3, -0.25) is 9.59 Å². The molecule has 0 aromatic heterocycles. The molecule has 142 valence electrons. The molecule has 0 aliphatic rings. The van der Waals surface area contributed by atoms with Crippen LogP contribution in [0.5, 0.6) is 0 Å². The second kappa shape index (κ2) is 15.5. The van der Waals surface area contributed by atoms with E-state index in [1.807, 2.05) is 0 Å². The van der Waals surface area contributed by atoms with Crippen molar-refractivity contribution in [2.75, 3.05) is 13.2 Å². The standard InChI is InChI=1S/C20H38O4/c1-5-7-11-17(3)15-23-19(21)13-9-10-14-20(22)24-16-18(4)12-8-6-2/h17-18H,5-16H2,1-4H3. The van der Waals surface area contributed by atoms with E-state index in [1.165, 1.54) is 25.7 Å². The van der Waals surface area contributed by atoms with Crippen LogP contribution in [0.1, 0.15) is 91.9 Å². The molecular weight excluding hydrogens is 304 g/mol. The molecule has 0 aliphatic heterocycles. The van der Waals surface area contributed by atoms with Crippen LogP contribution in [0.15, 0.2) is 0 Å². The van der Waals surface area contributed by atoms with Crippen LogP contribution >= 0.6 is 0 Å². The Morgan fingerprint density at radius 2 is 1.08 bits per heavy atom. The smallest absolute Gasteiger partial charge is 0.305 e. The minimum absolute atomic E-state index is 0.153. The molecule has 0 saturated carbocycles. The molecular formula is C20H38O4. The maximum absolute atomic E-state index is 11.6. The predicted molar refractivity (Wildman–Crippen MR) is 97.8 cm³/mol. The Kier molecular flexibility index (Phi) is 14.8. The second-order valence-corrected chi connectivity index (χ2v) is 7.07. The van der Waals surface area contributed by atoms with Gasteiger partial charge < -0.3 is 9.47 Å². The lowest BCUT2D eigenvalue weighted by molar-refractivity contribution is -0.147. The van der Waals surface area contributed by atoms with Gasteiger partial charge in [0.25, 0.3) is 0 Å². The summed E-state index contributed by atoms with van der Waals surface area (Å²) in [4.78, 5) is 23.3. The van der Waals surface area contributed by atoms with Crippen molar-refractivity contribution in [3.63, 3.8) is 0 Å². The van der Waals surface area contributed by atoms with Crippen molar-refractivity contribution in [1.29, 1.82) is 0 Å². The third-order valence-electron chi connectivity index (χ3n) is 4.17. The zero-order valence-electron chi connectivity index (χ0n) is 16.3. The van der Waals surface area contributed by atoms with Gasteiger partial charge in [0, 0.05) is 12.8 Å². The van der Waals surface area contributed by atoms with Gasteiger partial charge in [-0.15, -0.1) is 0 Å². The van der Waals surface area contributed by atoms with Gasteiger partial charge in [-0.25, -0.2) is 0 Å². The Labute approximate surface area is 148 Å². The first-order chi connectivity index (χ1) is 11.5. The zero-order valence-corrected chi connectivity index (χ0v) is 16.3. The Balaban J connectivity index is 3.56. The van der Waals surface area contributed by atoms with Gasteiger partial charge >= 0.3 is 11.9 Å². The third-order valence-corrected chi connectivity index (χ3v) is 4.17. The van der Waals surface area contributed by atoms with E-state index in [1.54, 1.807) is 0 Å². The molecule has 0 amide bonds. The molecule has 24 heavy (non-hydrogen) atoms. The van der Waals surface area contributed by atoms with E-state index in [9.17, 15) is 9.59 Å². The number of hydrogen-bond acceptors (Lipinski definition) is 4. The number of ether oxygens (including phenoxy) is 2. The van der Waals surface area contributed by atoms with Crippen LogP contribution in [0.3, 0.4) is 0 Å². The predicted octanol–water partition coefficient (Wildman–Crippen LogP) is 5.29. The molecule has 0 aliphatic carbocycles. The first kappa shape index (κ1) is 22.9. The highest BCUT2D eigenvalue weighted by atomic mass is 16.5. The van der Waals surface area contributed by atoms with E-state index in [0.717, 1.165) is 12.8 Å². The first-order valence-electron chi connectivity index (χ1n) is 9.80. The number of carbonyl (C=O) groups excluding carboxylic acids is 2. The molecule has 0 radical (unpaired) electrons. The fraction of sp³-hybridized carbons (Fsp3) is 0.900. The van der Waals surface area contributed by atoms with Crippen molar-refractivity contribution >= 4 is 11.9 Å². The minimum atomic E-state index is -0.153. The molecule has 0 N–H and O–H groups in total. The van der Waals surface area contributed by atoms with Gasteiger partial charge in [-0.05, 0) is 37.5 Å². The number of hydrogen-bond donors (Lipinski definition) is 0. The lowest BCUT2D eigenvalue weighted by Crippen LogP contribution is -2.13. The summed E-state index contributed by atoms with van der Waals surface area (Å²) in [6, 6.07) is 0. The highest BCUT2D eigenvalue weighted by Gasteiger charge is 2.10. The minimum Gasteiger partial charge on any atom is -0.465 e. The number of rotatable bonds is 15. The summed E-state index contributed by atoms with van der Waals surface area (Å²) in [6.07, 6.45) is 9.05. The molecule has 0 saturated heterocycles. The summed E-state index contributed by atoms with van der Waals surface area (Å²) in [5.41, 5.74) is 0. The molecule has 0 heterocycles. The zero-order chi connectivity index (χ0) is 18.2.